The maximum atomic E-state index is 11.7. The van der Waals surface area contributed by atoms with Crippen LogP contribution in [-0.2, 0) is 14.3 Å². The Morgan fingerprint density at radius 1 is 0.738 bits per heavy atom. The molecule has 42 heavy (non-hydrogen) atoms. The van der Waals surface area contributed by atoms with E-state index in [1.807, 2.05) is 6.92 Å². The van der Waals surface area contributed by atoms with E-state index < -0.39 is 24.4 Å². The van der Waals surface area contributed by atoms with Gasteiger partial charge < -0.3 is 29.9 Å². The highest BCUT2D eigenvalue weighted by atomic mass is 16.5. The summed E-state index contributed by atoms with van der Waals surface area (Å²) in [6, 6.07) is 0. The molecule has 0 aromatic rings. The molecule has 0 saturated carbocycles. The van der Waals surface area contributed by atoms with E-state index in [0.29, 0.717) is 37.7 Å². The van der Waals surface area contributed by atoms with Crippen molar-refractivity contribution in [2.75, 3.05) is 0 Å². The van der Waals surface area contributed by atoms with Crippen molar-refractivity contribution >= 4 is 5.97 Å². The molecule has 0 aromatic heterocycles. The number of rotatable bonds is 26. The number of carbonyl (C=O) groups excluding carboxylic acids is 1. The molecule has 7 nitrogen and oxygen atoms in total. The fraction of sp³-hybridized carbons (Fsp3) is 0.914. The standard InChI is InChI=1S/C35H64O7/c1-3-4-5-6-7-8-9-10-11-12-13-17-20-31(37)32(38)22-23-33(39)34-24-21-30(42-34)19-16-14-15-18-29(36)26-28-25-27(2)41-35(28)40/h25,27,29-34,36-39H,3-24,26H2,1-2H3/t27?,29-,30?,31-,32-,33+,34?/m1/s1. The van der Waals surface area contributed by atoms with Crippen molar-refractivity contribution in [1.29, 1.82) is 0 Å². The number of esters is 1. The van der Waals surface area contributed by atoms with E-state index >= 15 is 0 Å². The molecule has 0 bridgehead atoms. The third kappa shape index (κ3) is 16.2. The first kappa shape index (κ1) is 37.2. The van der Waals surface area contributed by atoms with E-state index in [4.69, 9.17) is 9.47 Å². The van der Waals surface area contributed by atoms with Crippen LogP contribution in [0.3, 0.4) is 0 Å². The molecule has 0 amide bonds. The van der Waals surface area contributed by atoms with Gasteiger partial charge in [-0.05, 0) is 57.9 Å². The molecule has 246 valence electrons. The van der Waals surface area contributed by atoms with Crippen LogP contribution in [0.1, 0.15) is 162 Å². The summed E-state index contributed by atoms with van der Waals surface area (Å²) in [5, 5.41) is 41.6. The van der Waals surface area contributed by atoms with Crippen molar-refractivity contribution in [2.24, 2.45) is 0 Å². The second kappa shape index (κ2) is 22.5. The Labute approximate surface area is 256 Å². The monoisotopic (exact) mass is 596 g/mol. The van der Waals surface area contributed by atoms with E-state index in [9.17, 15) is 25.2 Å². The first-order valence-electron chi connectivity index (χ1n) is 17.6. The van der Waals surface area contributed by atoms with Crippen molar-refractivity contribution in [3.8, 4) is 0 Å². The van der Waals surface area contributed by atoms with Crippen molar-refractivity contribution in [1.82, 2.24) is 0 Å². The summed E-state index contributed by atoms with van der Waals surface area (Å²) < 4.78 is 11.2. The lowest BCUT2D eigenvalue weighted by molar-refractivity contribution is -0.139. The first-order chi connectivity index (χ1) is 20.3. The van der Waals surface area contributed by atoms with E-state index in [0.717, 1.165) is 51.4 Å². The zero-order chi connectivity index (χ0) is 30.6. The molecule has 0 spiro atoms. The molecule has 2 aliphatic heterocycles. The molecular weight excluding hydrogens is 532 g/mol. The van der Waals surface area contributed by atoms with Gasteiger partial charge in [-0.1, -0.05) is 103 Å². The minimum Gasteiger partial charge on any atom is -0.455 e. The SMILES string of the molecule is CCCCCCCCCCCCCC[C@@H](O)[C@H](O)CC[C@H](O)C1CCC(CCCCC[C@@H](O)CC2=CC(C)OC2=O)O1. The van der Waals surface area contributed by atoms with Crippen LogP contribution >= 0.6 is 0 Å². The normalized spacial score (nSPS) is 23.5. The second-order valence-electron chi connectivity index (χ2n) is 13.1. The lowest BCUT2D eigenvalue weighted by atomic mass is 9.97. The molecule has 7 atom stereocenters. The Morgan fingerprint density at radius 2 is 1.31 bits per heavy atom. The molecule has 2 aliphatic rings. The molecule has 0 radical (unpaired) electrons. The summed E-state index contributed by atoms with van der Waals surface area (Å²) in [6.45, 7) is 4.08. The molecule has 3 unspecified atom stereocenters. The minimum atomic E-state index is -0.793. The molecular formula is C35H64O7. The summed E-state index contributed by atoms with van der Waals surface area (Å²) in [5.74, 6) is -0.308. The Balaban J connectivity index is 1.43. The molecule has 2 heterocycles. The van der Waals surface area contributed by atoms with Gasteiger partial charge in [0.15, 0.2) is 0 Å². The summed E-state index contributed by atoms with van der Waals surface area (Å²) >= 11 is 0. The summed E-state index contributed by atoms with van der Waals surface area (Å²) in [6.07, 6.45) is 22.3. The van der Waals surface area contributed by atoms with E-state index in [1.165, 1.54) is 64.2 Å². The molecule has 7 heteroatoms. The molecule has 1 saturated heterocycles. The topological polar surface area (TPSA) is 116 Å². The fourth-order valence-corrected chi connectivity index (χ4v) is 6.40. The van der Waals surface area contributed by atoms with Crippen LogP contribution in [0.5, 0.6) is 0 Å². The van der Waals surface area contributed by atoms with Crippen molar-refractivity contribution < 1.29 is 34.7 Å². The molecule has 2 rings (SSSR count). The van der Waals surface area contributed by atoms with Crippen LogP contribution in [0.2, 0.25) is 0 Å². The van der Waals surface area contributed by atoms with Crippen LogP contribution < -0.4 is 0 Å². The van der Waals surface area contributed by atoms with Gasteiger partial charge in [-0.15, -0.1) is 0 Å². The number of ether oxygens (including phenoxy) is 2. The third-order valence-electron chi connectivity index (χ3n) is 9.14. The number of hydrogen-bond donors (Lipinski definition) is 4. The predicted molar refractivity (Wildman–Crippen MR) is 168 cm³/mol. The van der Waals surface area contributed by atoms with Gasteiger partial charge in [0.2, 0.25) is 0 Å². The summed E-state index contributed by atoms with van der Waals surface area (Å²) in [4.78, 5) is 11.7. The number of unbranched alkanes of at least 4 members (excludes halogenated alkanes) is 13. The van der Waals surface area contributed by atoms with Gasteiger partial charge in [-0.2, -0.15) is 0 Å². The van der Waals surface area contributed by atoms with Gasteiger partial charge in [0.1, 0.15) is 6.10 Å². The van der Waals surface area contributed by atoms with Crippen molar-refractivity contribution in [3.63, 3.8) is 0 Å². The zero-order valence-corrected chi connectivity index (χ0v) is 26.9. The Morgan fingerprint density at radius 3 is 1.93 bits per heavy atom. The van der Waals surface area contributed by atoms with Gasteiger partial charge in [0.05, 0.1) is 36.6 Å². The maximum absolute atomic E-state index is 11.7. The molecule has 0 aliphatic carbocycles. The smallest absolute Gasteiger partial charge is 0.334 e. The van der Waals surface area contributed by atoms with Crippen molar-refractivity contribution in [2.45, 2.75) is 204 Å². The minimum absolute atomic E-state index is 0.149. The average molecular weight is 597 g/mol. The van der Waals surface area contributed by atoms with Crippen molar-refractivity contribution in [3.05, 3.63) is 11.6 Å². The van der Waals surface area contributed by atoms with Crippen LogP contribution in [0.4, 0.5) is 0 Å². The highest BCUT2D eigenvalue weighted by Crippen LogP contribution is 2.28. The van der Waals surface area contributed by atoms with Crippen LogP contribution in [-0.4, -0.2) is 69.1 Å². The predicted octanol–water partition coefficient (Wildman–Crippen LogP) is 7.06. The highest BCUT2D eigenvalue weighted by Gasteiger charge is 2.31. The van der Waals surface area contributed by atoms with Gasteiger partial charge in [-0.25, -0.2) is 4.79 Å². The molecule has 1 fully saturated rings. The Bertz CT molecular complexity index is 726. The summed E-state index contributed by atoms with van der Waals surface area (Å²) in [5.41, 5.74) is 0.584. The van der Waals surface area contributed by atoms with Gasteiger partial charge >= 0.3 is 5.97 Å². The number of cyclic esters (lactones) is 1. The number of aliphatic hydroxyl groups excluding tert-OH is 4. The lowest BCUT2D eigenvalue weighted by Gasteiger charge is -2.22. The second-order valence-corrected chi connectivity index (χ2v) is 13.1. The van der Waals surface area contributed by atoms with Gasteiger partial charge in [-0.3, -0.25) is 0 Å². The van der Waals surface area contributed by atoms with Gasteiger partial charge in [0.25, 0.3) is 0 Å². The third-order valence-corrected chi connectivity index (χ3v) is 9.14. The zero-order valence-electron chi connectivity index (χ0n) is 26.9. The Hall–Kier alpha value is -0.990. The quantitative estimate of drug-likeness (QED) is 0.0624. The molecule has 4 N–H and O–H groups in total. The number of carbonyl (C=O) groups is 1. The Kier molecular flexibility index (Phi) is 19.9. The van der Waals surface area contributed by atoms with E-state index in [1.54, 1.807) is 6.08 Å². The maximum Gasteiger partial charge on any atom is 0.334 e. The van der Waals surface area contributed by atoms with E-state index in [-0.39, 0.29) is 24.3 Å². The largest absolute Gasteiger partial charge is 0.455 e. The van der Waals surface area contributed by atoms with Gasteiger partial charge in [0, 0.05) is 12.0 Å². The fourth-order valence-electron chi connectivity index (χ4n) is 6.40. The lowest BCUT2D eigenvalue weighted by Crippen LogP contribution is -2.31. The average Bonchev–Trinajstić information content (AvgIpc) is 3.57. The van der Waals surface area contributed by atoms with Crippen LogP contribution in [0, 0.1) is 0 Å². The van der Waals surface area contributed by atoms with E-state index in [2.05, 4.69) is 6.92 Å². The first-order valence-corrected chi connectivity index (χ1v) is 17.6. The number of hydrogen-bond acceptors (Lipinski definition) is 7. The molecule has 0 aromatic carbocycles. The van der Waals surface area contributed by atoms with Crippen LogP contribution in [0.25, 0.3) is 0 Å². The highest BCUT2D eigenvalue weighted by molar-refractivity contribution is 5.90. The summed E-state index contributed by atoms with van der Waals surface area (Å²) in [7, 11) is 0. The van der Waals surface area contributed by atoms with Crippen LogP contribution in [0.15, 0.2) is 11.6 Å². The number of aliphatic hydroxyl groups is 4.